The Balaban J connectivity index is 1.50. The van der Waals surface area contributed by atoms with Crippen LogP contribution in [0.3, 0.4) is 0 Å². The Bertz CT molecular complexity index is 1550. The standard InChI is InChI=1S/C34H34N2O6S2/c1-2-26-15-9-10-18-35(26)33(40)31(25-13-7-4-8-14-25)42-28-19-24(16-17-27(28)41-22-23-11-5-3-6-12-23)20-29-32(39)36(21-30(37)38)34(43)44-29/h3-8,11-14,16-17,19-20,26,31H,2,9-10,15,18,21-22H2,1H3,(H,37,38)/b29-20-. The number of aliphatic carboxylic acids is 1. The molecule has 44 heavy (non-hydrogen) atoms. The second-order valence-corrected chi connectivity index (χ2v) is 12.3. The van der Waals surface area contributed by atoms with Crippen LogP contribution in [0.4, 0.5) is 0 Å². The van der Waals surface area contributed by atoms with Crippen LogP contribution in [0.15, 0.2) is 83.8 Å². The summed E-state index contributed by atoms with van der Waals surface area (Å²) in [6.45, 7) is 2.57. The van der Waals surface area contributed by atoms with Gasteiger partial charge in [-0.15, -0.1) is 0 Å². The molecule has 1 N–H and O–H groups in total. The molecular formula is C34H34N2O6S2. The number of carbonyl (C=O) groups is 3. The molecule has 2 saturated heterocycles. The van der Waals surface area contributed by atoms with Crippen LogP contribution in [0, 0.1) is 0 Å². The first-order chi connectivity index (χ1) is 21.3. The molecule has 0 aromatic heterocycles. The normalized spacial score (nSPS) is 18.4. The second-order valence-electron chi connectivity index (χ2n) is 10.6. The van der Waals surface area contributed by atoms with Gasteiger partial charge in [-0.1, -0.05) is 97.6 Å². The number of rotatable bonds is 11. The number of piperidine rings is 1. The maximum absolute atomic E-state index is 14.2. The number of thioether (sulfide) groups is 1. The van der Waals surface area contributed by atoms with Gasteiger partial charge < -0.3 is 19.5 Å². The highest BCUT2D eigenvalue weighted by Gasteiger charge is 2.35. The van der Waals surface area contributed by atoms with E-state index in [0.717, 1.165) is 53.5 Å². The molecule has 3 aromatic rings. The van der Waals surface area contributed by atoms with E-state index in [1.807, 2.05) is 65.6 Å². The third-order valence-electron chi connectivity index (χ3n) is 7.62. The molecule has 0 bridgehead atoms. The van der Waals surface area contributed by atoms with Crippen molar-refractivity contribution in [3.63, 3.8) is 0 Å². The van der Waals surface area contributed by atoms with Crippen LogP contribution in [0.5, 0.6) is 11.5 Å². The summed E-state index contributed by atoms with van der Waals surface area (Å²) in [4.78, 5) is 41.7. The summed E-state index contributed by atoms with van der Waals surface area (Å²) in [7, 11) is 0. The summed E-state index contributed by atoms with van der Waals surface area (Å²) in [5, 5.41) is 9.19. The predicted molar refractivity (Wildman–Crippen MR) is 174 cm³/mol. The van der Waals surface area contributed by atoms with Crippen LogP contribution < -0.4 is 9.47 Å². The second kappa shape index (κ2) is 14.5. The number of ether oxygens (including phenoxy) is 2. The van der Waals surface area contributed by atoms with E-state index in [-0.39, 0.29) is 16.3 Å². The third-order valence-corrected chi connectivity index (χ3v) is 9.00. The summed E-state index contributed by atoms with van der Waals surface area (Å²) in [6, 6.07) is 24.6. The molecule has 5 rings (SSSR count). The summed E-state index contributed by atoms with van der Waals surface area (Å²) < 4.78 is 13.0. The monoisotopic (exact) mass is 630 g/mol. The maximum Gasteiger partial charge on any atom is 0.323 e. The first kappa shape index (κ1) is 31.3. The van der Waals surface area contributed by atoms with Crippen molar-refractivity contribution >= 4 is 52.2 Å². The number of hydrogen-bond donors (Lipinski definition) is 1. The van der Waals surface area contributed by atoms with Crippen LogP contribution in [0.25, 0.3) is 6.08 Å². The molecule has 0 saturated carbocycles. The molecule has 2 unspecified atom stereocenters. The summed E-state index contributed by atoms with van der Waals surface area (Å²) in [5.41, 5.74) is 2.32. The number of hydrogen-bond acceptors (Lipinski definition) is 7. The van der Waals surface area contributed by atoms with E-state index in [1.54, 1.807) is 24.3 Å². The van der Waals surface area contributed by atoms with Gasteiger partial charge in [-0.3, -0.25) is 19.3 Å². The molecule has 2 aliphatic heterocycles. The number of thiocarbonyl (C=S) groups is 1. The third kappa shape index (κ3) is 7.49. The van der Waals surface area contributed by atoms with Gasteiger partial charge in [-0.25, -0.2) is 0 Å². The fourth-order valence-electron chi connectivity index (χ4n) is 5.37. The lowest BCUT2D eigenvalue weighted by atomic mass is 9.98. The topological polar surface area (TPSA) is 96.4 Å². The van der Waals surface area contributed by atoms with Gasteiger partial charge in [0.2, 0.25) is 6.10 Å². The van der Waals surface area contributed by atoms with Crippen LogP contribution >= 0.6 is 24.0 Å². The van der Waals surface area contributed by atoms with Gasteiger partial charge in [0.05, 0.1) is 4.91 Å². The molecule has 0 aliphatic carbocycles. The van der Waals surface area contributed by atoms with Crippen LogP contribution in [0.1, 0.15) is 55.4 Å². The van der Waals surface area contributed by atoms with Crippen LogP contribution in [-0.2, 0) is 21.0 Å². The van der Waals surface area contributed by atoms with Crippen molar-refractivity contribution in [1.29, 1.82) is 0 Å². The highest BCUT2D eigenvalue weighted by Crippen LogP contribution is 2.38. The van der Waals surface area contributed by atoms with Crippen molar-refractivity contribution in [3.8, 4) is 11.5 Å². The first-order valence-electron chi connectivity index (χ1n) is 14.6. The minimum atomic E-state index is -1.14. The number of amides is 2. The Morgan fingerprint density at radius 2 is 1.77 bits per heavy atom. The number of carboxylic acid groups (broad SMARTS) is 1. The largest absolute Gasteiger partial charge is 0.485 e. The van der Waals surface area contributed by atoms with E-state index in [2.05, 4.69) is 6.92 Å². The van der Waals surface area contributed by atoms with Crippen LogP contribution in [0.2, 0.25) is 0 Å². The Hall–Kier alpha value is -4.15. The average Bonchev–Trinajstić information content (AvgIpc) is 3.30. The summed E-state index contributed by atoms with van der Waals surface area (Å²) in [5.74, 6) is -0.917. The SMILES string of the molecule is CCC1CCCCN1C(=O)C(Oc1cc(/C=C2\SC(=S)N(CC(=O)O)C2=O)ccc1OCc1ccccc1)c1ccccc1. The lowest BCUT2D eigenvalue weighted by molar-refractivity contribution is -0.143. The van der Waals surface area contributed by atoms with Crippen molar-refractivity contribution in [2.45, 2.75) is 51.4 Å². The lowest BCUT2D eigenvalue weighted by Gasteiger charge is -2.37. The van der Waals surface area contributed by atoms with Gasteiger partial charge in [0, 0.05) is 18.2 Å². The Labute approximate surface area is 266 Å². The van der Waals surface area contributed by atoms with Crippen molar-refractivity contribution in [1.82, 2.24) is 9.80 Å². The molecule has 10 heteroatoms. The van der Waals surface area contributed by atoms with E-state index < -0.39 is 24.5 Å². The molecule has 2 atom stereocenters. The van der Waals surface area contributed by atoms with Gasteiger partial charge in [0.25, 0.3) is 11.8 Å². The molecule has 228 valence electrons. The molecule has 2 fully saturated rings. The van der Waals surface area contributed by atoms with Crippen molar-refractivity contribution in [2.24, 2.45) is 0 Å². The van der Waals surface area contributed by atoms with E-state index >= 15 is 0 Å². The van der Waals surface area contributed by atoms with E-state index in [4.69, 9.17) is 21.7 Å². The number of likely N-dealkylation sites (tertiary alicyclic amines) is 1. The molecule has 3 aromatic carbocycles. The number of benzene rings is 3. The fourth-order valence-corrected chi connectivity index (χ4v) is 6.62. The Morgan fingerprint density at radius 3 is 2.48 bits per heavy atom. The van der Waals surface area contributed by atoms with Gasteiger partial charge in [-0.05, 0) is 55.0 Å². The highest BCUT2D eigenvalue weighted by atomic mass is 32.2. The molecule has 2 aliphatic rings. The fraction of sp³-hybridized carbons (Fsp3) is 0.294. The molecule has 0 radical (unpaired) electrons. The Morgan fingerprint density at radius 1 is 1.05 bits per heavy atom. The smallest absolute Gasteiger partial charge is 0.323 e. The minimum Gasteiger partial charge on any atom is -0.485 e. The van der Waals surface area contributed by atoms with E-state index in [1.165, 1.54) is 0 Å². The van der Waals surface area contributed by atoms with Gasteiger partial charge in [-0.2, -0.15) is 0 Å². The molecule has 2 amide bonds. The van der Waals surface area contributed by atoms with Gasteiger partial charge >= 0.3 is 5.97 Å². The van der Waals surface area contributed by atoms with Gasteiger partial charge in [0.1, 0.15) is 17.5 Å². The van der Waals surface area contributed by atoms with Crippen molar-refractivity contribution in [3.05, 3.63) is 100 Å². The van der Waals surface area contributed by atoms with E-state index in [9.17, 15) is 19.5 Å². The zero-order chi connectivity index (χ0) is 31.1. The zero-order valence-corrected chi connectivity index (χ0v) is 26.0. The average molecular weight is 631 g/mol. The van der Waals surface area contributed by atoms with Crippen LogP contribution in [-0.4, -0.2) is 56.1 Å². The van der Waals surface area contributed by atoms with E-state index in [0.29, 0.717) is 35.1 Å². The number of carboxylic acids is 1. The number of nitrogens with zero attached hydrogens (tertiary/aromatic N) is 2. The van der Waals surface area contributed by atoms with Crippen molar-refractivity contribution in [2.75, 3.05) is 13.1 Å². The zero-order valence-electron chi connectivity index (χ0n) is 24.4. The number of carbonyl (C=O) groups excluding carboxylic acids is 2. The molecular weight excluding hydrogens is 597 g/mol. The molecule has 8 nitrogen and oxygen atoms in total. The maximum atomic E-state index is 14.2. The predicted octanol–water partition coefficient (Wildman–Crippen LogP) is 6.46. The lowest BCUT2D eigenvalue weighted by Crippen LogP contribution is -2.46. The highest BCUT2D eigenvalue weighted by molar-refractivity contribution is 8.26. The quantitative estimate of drug-likeness (QED) is 0.191. The minimum absolute atomic E-state index is 0.100. The Kier molecular flexibility index (Phi) is 10.3. The molecule has 0 spiro atoms. The van der Waals surface area contributed by atoms with Gasteiger partial charge in [0.15, 0.2) is 11.5 Å². The van der Waals surface area contributed by atoms with Crippen molar-refractivity contribution < 1.29 is 29.0 Å². The first-order valence-corrected chi connectivity index (χ1v) is 15.9. The summed E-state index contributed by atoms with van der Waals surface area (Å²) in [6.07, 6.45) is 4.61. The molecule has 2 heterocycles. The summed E-state index contributed by atoms with van der Waals surface area (Å²) >= 11 is 6.30.